The van der Waals surface area contributed by atoms with E-state index in [2.05, 4.69) is 0 Å². The van der Waals surface area contributed by atoms with Gasteiger partial charge in [-0.25, -0.2) is 13.2 Å². The van der Waals surface area contributed by atoms with Crippen molar-refractivity contribution < 1.29 is 23.1 Å². The van der Waals surface area contributed by atoms with Crippen molar-refractivity contribution in [1.82, 2.24) is 4.90 Å². The van der Waals surface area contributed by atoms with Crippen molar-refractivity contribution in [3.63, 3.8) is 0 Å². The van der Waals surface area contributed by atoms with Crippen LogP contribution in [0.4, 0.5) is 0 Å². The Bertz CT molecular complexity index is 582. The fourth-order valence-electron chi connectivity index (χ4n) is 1.53. The summed E-state index contributed by atoms with van der Waals surface area (Å²) in [5, 5.41) is 8.80. The normalized spacial score (nSPS) is 12.7. The van der Waals surface area contributed by atoms with Crippen LogP contribution in [0.15, 0.2) is 35.2 Å². The van der Waals surface area contributed by atoms with E-state index >= 15 is 0 Å². The number of carboxylic acids is 1. The van der Waals surface area contributed by atoms with Crippen LogP contribution in [0.3, 0.4) is 0 Å². The van der Waals surface area contributed by atoms with Crippen LogP contribution in [0.1, 0.15) is 13.3 Å². The first-order chi connectivity index (χ1) is 9.25. The summed E-state index contributed by atoms with van der Waals surface area (Å²) in [7, 11) is -2.19. The Morgan fingerprint density at radius 1 is 1.25 bits per heavy atom. The van der Waals surface area contributed by atoms with Crippen molar-refractivity contribution in [1.29, 1.82) is 0 Å². The number of carbonyl (C=O) groups is 2. The predicted octanol–water partition coefficient (Wildman–Crippen LogP) is 0.782. The molecule has 1 atom stereocenters. The highest BCUT2D eigenvalue weighted by atomic mass is 32.2. The van der Waals surface area contributed by atoms with Crippen LogP contribution in [-0.2, 0) is 19.4 Å². The Kier molecular flexibility index (Phi) is 5.26. The summed E-state index contributed by atoms with van der Waals surface area (Å²) < 4.78 is 24.0. The Labute approximate surface area is 117 Å². The minimum absolute atomic E-state index is 0.154. The number of carbonyl (C=O) groups excluding carboxylic acids is 1. The van der Waals surface area contributed by atoms with Crippen molar-refractivity contribution in [3.05, 3.63) is 30.3 Å². The van der Waals surface area contributed by atoms with E-state index in [9.17, 15) is 18.0 Å². The van der Waals surface area contributed by atoms with Gasteiger partial charge >= 0.3 is 5.97 Å². The van der Waals surface area contributed by atoms with Crippen LogP contribution < -0.4 is 0 Å². The van der Waals surface area contributed by atoms with Crippen LogP contribution in [0.2, 0.25) is 0 Å². The first-order valence-electron chi connectivity index (χ1n) is 6.02. The lowest BCUT2D eigenvalue weighted by molar-refractivity contribution is -0.148. The predicted molar refractivity (Wildman–Crippen MR) is 73.0 cm³/mol. The number of benzene rings is 1. The van der Waals surface area contributed by atoms with Crippen LogP contribution in [0.5, 0.6) is 0 Å². The third kappa shape index (κ3) is 4.06. The smallest absolute Gasteiger partial charge is 0.326 e. The molecule has 1 aromatic rings. The molecule has 1 aromatic carbocycles. The quantitative estimate of drug-likeness (QED) is 0.838. The zero-order chi connectivity index (χ0) is 15.3. The molecule has 0 radical (unpaired) electrons. The number of sulfone groups is 1. The molecule has 20 heavy (non-hydrogen) atoms. The van der Waals surface area contributed by atoms with Gasteiger partial charge in [0.25, 0.3) is 0 Å². The molecule has 0 aliphatic carbocycles. The van der Waals surface area contributed by atoms with Crippen molar-refractivity contribution in [2.75, 3.05) is 12.8 Å². The molecule has 0 spiro atoms. The van der Waals surface area contributed by atoms with Gasteiger partial charge in [-0.1, -0.05) is 18.2 Å². The van der Waals surface area contributed by atoms with E-state index in [0.29, 0.717) is 0 Å². The maximum Gasteiger partial charge on any atom is 0.326 e. The number of likely N-dealkylation sites (N-methyl/N-ethyl adjacent to an activating group) is 1. The molecule has 7 heteroatoms. The van der Waals surface area contributed by atoms with Gasteiger partial charge in [0.2, 0.25) is 5.91 Å². The minimum Gasteiger partial charge on any atom is -0.480 e. The van der Waals surface area contributed by atoms with E-state index in [1.165, 1.54) is 26.1 Å². The van der Waals surface area contributed by atoms with Crippen LogP contribution in [0, 0.1) is 0 Å². The van der Waals surface area contributed by atoms with Gasteiger partial charge in [0, 0.05) is 13.5 Å². The third-order valence-corrected chi connectivity index (χ3v) is 4.75. The second-order valence-electron chi connectivity index (χ2n) is 4.40. The number of aliphatic carboxylic acids is 1. The minimum atomic E-state index is -3.53. The fourth-order valence-corrected chi connectivity index (χ4v) is 2.78. The lowest BCUT2D eigenvalue weighted by atomic mass is 10.3. The number of hydrogen-bond acceptors (Lipinski definition) is 4. The largest absolute Gasteiger partial charge is 0.480 e. The Hall–Kier alpha value is -1.89. The zero-order valence-corrected chi connectivity index (χ0v) is 12.1. The molecule has 6 nitrogen and oxygen atoms in total. The molecule has 0 heterocycles. The van der Waals surface area contributed by atoms with Crippen LogP contribution >= 0.6 is 0 Å². The molecule has 0 fully saturated rings. The van der Waals surface area contributed by atoms with Gasteiger partial charge in [-0.15, -0.1) is 0 Å². The number of amides is 1. The lowest BCUT2D eigenvalue weighted by Gasteiger charge is -2.21. The summed E-state index contributed by atoms with van der Waals surface area (Å²) in [5.74, 6) is -1.99. The van der Waals surface area contributed by atoms with Gasteiger partial charge in [0.1, 0.15) is 6.04 Å². The summed E-state index contributed by atoms with van der Waals surface area (Å²) in [6.07, 6.45) is -0.245. The molecule has 0 saturated carbocycles. The zero-order valence-electron chi connectivity index (χ0n) is 11.3. The van der Waals surface area contributed by atoms with Crippen molar-refractivity contribution >= 4 is 21.7 Å². The van der Waals surface area contributed by atoms with E-state index in [1.54, 1.807) is 18.2 Å². The molecule has 0 aliphatic rings. The first-order valence-corrected chi connectivity index (χ1v) is 7.67. The molecule has 1 rings (SSSR count). The number of rotatable bonds is 6. The summed E-state index contributed by atoms with van der Waals surface area (Å²) in [5.41, 5.74) is 0. The van der Waals surface area contributed by atoms with Gasteiger partial charge in [0.05, 0.1) is 10.6 Å². The van der Waals surface area contributed by atoms with Gasteiger partial charge in [-0.3, -0.25) is 4.79 Å². The van der Waals surface area contributed by atoms with Crippen molar-refractivity contribution in [3.8, 4) is 0 Å². The number of carboxylic acid groups (broad SMARTS) is 1. The highest BCUT2D eigenvalue weighted by Crippen LogP contribution is 2.12. The second-order valence-corrected chi connectivity index (χ2v) is 6.51. The Morgan fingerprint density at radius 3 is 2.30 bits per heavy atom. The SMILES string of the molecule is CC(C(=O)O)N(C)C(=O)CCS(=O)(=O)c1ccccc1. The maximum absolute atomic E-state index is 12.0. The average molecular weight is 299 g/mol. The van der Waals surface area contributed by atoms with Crippen molar-refractivity contribution in [2.24, 2.45) is 0 Å². The molecule has 1 amide bonds. The highest BCUT2D eigenvalue weighted by molar-refractivity contribution is 7.91. The Morgan fingerprint density at radius 2 is 1.80 bits per heavy atom. The topological polar surface area (TPSA) is 91.8 Å². The van der Waals surface area contributed by atoms with Gasteiger partial charge in [-0.2, -0.15) is 0 Å². The maximum atomic E-state index is 12.0. The van der Waals surface area contributed by atoms with E-state index in [-0.39, 0.29) is 17.1 Å². The monoisotopic (exact) mass is 299 g/mol. The summed E-state index contributed by atoms with van der Waals surface area (Å²) >= 11 is 0. The Balaban J connectivity index is 2.68. The van der Waals surface area contributed by atoms with E-state index in [1.807, 2.05) is 0 Å². The molecule has 0 bridgehead atoms. The summed E-state index contributed by atoms with van der Waals surface area (Å²) in [4.78, 5) is 23.7. The molecule has 0 saturated heterocycles. The highest BCUT2D eigenvalue weighted by Gasteiger charge is 2.23. The average Bonchev–Trinajstić information content (AvgIpc) is 2.44. The van der Waals surface area contributed by atoms with Gasteiger partial charge in [0.15, 0.2) is 9.84 Å². The fraction of sp³-hybridized carbons (Fsp3) is 0.385. The number of nitrogens with zero attached hydrogens (tertiary/aromatic N) is 1. The standard InChI is InChI=1S/C13H17NO5S/c1-10(13(16)17)14(2)12(15)8-9-20(18,19)11-6-4-3-5-7-11/h3-7,10H,8-9H2,1-2H3,(H,16,17). The molecular formula is C13H17NO5S. The van der Waals surface area contributed by atoms with E-state index < -0.39 is 27.8 Å². The summed E-state index contributed by atoms with van der Waals surface area (Å²) in [6.45, 7) is 1.37. The molecule has 0 aliphatic heterocycles. The molecule has 110 valence electrons. The van der Waals surface area contributed by atoms with Crippen LogP contribution in [0.25, 0.3) is 0 Å². The van der Waals surface area contributed by atoms with Gasteiger partial charge in [-0.05, 0) is 19.1 Å². The van der Waals surface area contributed by atoms with Gasteiger partial charge < -0.3 is 10.0 Å². The molecule has 0 aromatic heterocycles. The van der Waals surface area contributed by atoms with Crippen LogP contribution in [-0.4, -0.2) is 49.1 Å². The molecular weight excluding hydrogens is 282 g/mol. The molecule has 1 unspecified atom stereocenters. The molecule has 1 N–H and O–H groups in total. The summed E-state index contributed by atoms with van der Waals surface area (Å²) in [6, 6.07) is 6.85. The van der Waals surface area contributed by atoms with Crippen molar-refractivity contribution in [2.45, 2.75) is 24.3 Å². The lowest BCUT2D eigenvalue weighted by Crippen LogP contribution is -2.40. The van der Waals surface area contributed by atoms with E-state index in [0.717, 1.165) is 4.90 Å². The number of hydrogen-bond donors (Lipinski definition) is 1. The first kappa shape index (κ1) is 16.2. The second kappa shape index (κ2) is 6.51. The van der Waals surface area contributed by atoms with E-state index in [4.69, 9.17) is 5.11 Å². The third-order valence-electron chi connectivity index (χ3n) is 3.02.